The molecule has 1 saturated carbocycles. The van der Waals surface area contributed by atoms with Crippen molar-refractivity contribution in [2.24, 2.45) is 23.2 Å². The summed E-state index contributed by atoms with van der Waals surface area (Å²) in [4.78, 5) is 0. The first-order valence-electron chi connectivity index (χ1n) is 7.69. The third-order valence-electron chi connectivity index (χ3n) is 4.45. The summed E-state index contributed by atoms with van der Waals surface area (Å²) in [6, 6.07) is 0. The first-order valence-corrected chi connectivity index (χ1v) is 7.69. The standard InChI is InChI=1S/C16H33NO/c1-12(2)10-17-11-15(18)13-6-8-14(9-7-13)16(3,4)5/h12-15,17-18H,6-11H2,1-5H3. The quantitative estimate of drug-likeness (QED) is 0.788. The Labute approximate surface area is 114 Å². The van der Waals surface area contributed by atoms with E-state index in [0.717, 1.165) is 19.0 Å². The van der Waals surface area contributed by atoms with E-state index >= 15 is 0 Å². The third kappa shape index (κ3) is 5.27. The van der Waals surface area contributed by atoms with Crippen LogP contribution in [0.1, 0.15) is 60.3 Å². The van der Waals surface area contributed by atoms with Crippen LogP contribution < -0.4 is 5.32 Å². The van der Waals surface area contributed by atoms with Gasteiger partial charge in [0.2, 0.25) is 0 Å². The van der Waals surface area contributed by atoms with Crippen molar-refractivity contribution in [3.8, 4) is 0 Å². The van der Waals surface area contributed by atoms with Crippen molar-refractivity contribution in [1.82, 2.24) is 5.32 Å². The molecular weight excluding hydrogens is 222 g/mol. The van der Waals surface area contributed by atoms with Gasteiger partial charge in [-0.15, -0.1) is 0 Å². The zero-order valence-electron chi connectivity index (χ0n) is 13.0. The summed E-state index contributed by atoms with van der Waals surface area (Å²) in [5, 5.41) is 13.6. The van der Waals surface area contributed by atoms with Crippen molar-refractivity contribution < 1.29 is 5.11 Å². The summed E-state index contributed by atoms with van der Waals surface area (Å²) in [5.74, 6) is 2.02. The number of aliphatic hydroxyl groups excluding tert-OH is 1. The zero-order chi connectivity index (χ0) is 13.8. The molecule has 2 nitrogen and oxygen atoms in total. The number of nitrogens with one attached hydrogen (secondary N) is 1. The maximum Gasteiger partial charge on any atom is 0.0692 e. The normalized spacial score (nSPS) is 27.5. The molecule has 0 aromatic heterocycles. The highest BCUT2D eigenvalue weighted by Gasteiger charge is 2.32. The smallest absolute Gasteiger partial charge is 0.0692 e. The Morgan fingerprint density at radius 2 is 1.61 bits per heavy atom. The Morgan fingerprint density at radius 3 is 2.06 bits per heavy atom. The van der Waals surface area contributed by atoms with E-state index in [1.807, 2.05) is 0 Å². The molecule has 1 rings (SSSR count). The highest BCUT2D eigenvalue weighted by molar-refractivity contribution is 4.83. The van der Waals surface area contributed by atoms with Crippen molar-refractivity contribution in [2.45, 2.75) is 66.4 Å². The van der Waals surface area contributed by atoms with Crippen LogP contribution in [0, 0.1) is 23.2 Å². The Bertz CT molecular complexity index is 224. The molecule has 1 atom stereocenters. The van der Waals surface area contributed by atoms with Gasteiger partial charge in [0.25, 0.3) is 0 Å². The maximum atomic E-state index is 10.2. The molecule has 0 radical (unpaired) electrons. The molecule has 2 heteroatoms. The molecule has 1 aliphatic rings. The second-order valence-electron chi connectivity index (χ2n) is 7.60. The molecule has 0 bridgehead atoms. The van der Waals surface area contributed by atoms with Crippen molar-refractivity contribution >= 4 is 0 Å². The Morgan fingerprint density at radius 1 is 1.06 bits per heavy atom. The fourth-order valence-electron chi connectivity index (χ4n) is 3.06. The van der Waals surface area contributed by atoms with E-state index in [9.17, 15) is 5.11 Å². The summed E-state index contributed by atoms with van der Waals surface area (Å²) in [7, 11) is 0. The van der Waals surface area contributed by atoms with Crippen molar-refractivity contribution in [2.75, 3.05) is 13.1 Å². The number of aliphatic hydroxyl groups is 1. The lowest BCUT2D eigenvalue weighted by molar-refractivity contribution is 0.0531. The van der Waals surface area contributed by atoms with E-state index in [1.54, 1.807) is 0 Å². The van der Waals surface area contributed by atoms with E-state index in [1.165, 1.54) is 25.7 Å². The maximum absolute atomic E-state index is 10.2. The lowest BCUT2D eigenvalue weighted by atomic mass is 9.69. The van der Waals surface area contributed by atoms with E-state index in [4.69, 9.17) is 0 Å². The van der Waals surface area contributed by atoms with Gasteiger partial charge >= 0.3 is 0 Å². The van der Waals surface area contributed by atoms with Crippen LogP contribution in [-0.2, 0) is 0 Å². The lowest BCUT2D eigenvalue weighted by Gasteiger charge is -2.38. The molecule has 0 aromatic rings. The van der Waals surface area contributed by atoms with Crippen LogP contribution in [0.2, 0.25) is 0 Å². The molecule has 2 N–H and O–H groups in total. The fourth-order valence-corrected chi connectivity index (χ4v) is 3.06. The predicted octanol–water partition coefficient (Wildman–Crippen LogP) is 3.45. The first kappa shape index (κ1) is 16.0. The average Bonchev–Trinajstić information content (AvgIpc) is 2.27. The van der Waals surface area contributed by atoms with Gasteiger partial charge in [0, 0.05) is 6.54 Å². The molecular formula is C16H33NO. The van der Waals surface area contributed by atoms with Gasteiger partial charge in [0.15, 0.2) is 0 Å². The molecule has 1 unspecified atom stereocenters. The second-order valence-corrected chi connectivity index (χ2v) is 7.60. The zero-order valence-corrected chi connectivity index (χ0v) is 13.0. The molecule has 0 heterocycles. The minimum Gasteiger partial charge on any atom is -0.392 e. The van der Waals surface area contributed by atoms with Crippen LogP contribution in [0.5, 0.6) is 0 Å². The van der Waals surface area contributed by atoms with E-state index in [-0.39, 0.29) is 6.10 Å². The van der Waals surface area contributed by atoms with Gasteiger partial charge in [0.05, 0.1) is 6.10 Å². The van der Waals surface area contributed by atoms with Crippen molar-refractivity contribution in [3.63, 3.8) is 0 Å². The highest BCUT2D eigenvalue weighted by atomic mass is 16.3. The average molecular weight is 255 g/mol. The third-order valence-corrected chi connectivity index (χ3v) is 4.45. The number of rotatable bonds is 5. The number of hydrogen-bond donors (Lipinski definition) is 2. The molecule has 0 spiro atoms. The van der Waals surface area contributed by atoms with Crippen LogP contribution in [0.15, 0.2) is 0 Å². The number of hydrogen-bond acceptors (Lipinski definition) is 2. The van der Waals surface area contributed by atoms with Gasteiger partial charge in [0.1, 0.15) is 0 Å². The van der Waals surface area contributed by atoms with E-state index in [2.05, 4.69) is 39.9 Å². The Balaban J connectivity index is 2.25. The van der Waals surface area contributed by atoms with Gasteiger partial charge in [-0.2, -0.15) is 0 Å². The monoisotopic (exact) mass is 255 g/mol. The van der Waals surface area contributed by atoms with E-state index in [0.29, 0.717) is 17.3 Å². The summed E-state index contributed by atoms with van der Waals surface area (Å²) in [6.45, 7) is 13.2. The molecule has 0 amide bonds. The van der Waals surface area contributed by atoms with Crippen LogP contribution in [0.3, 0.4) is 0 Å². The van der Waals surface area contributed by atoms with Crippen LogP contribution in [-0.4, -0.2) is 24.3 Å². The summed E-state index contributed by atoms with van der Waals surface area (Å²) in [6.07, 6.45) is 4.83. The van der Waals surface area contributed by atoms with Gasteiger partial charge in [-0.3, -0.25) is 0 Å². The minimum atomic E-state index is -0.148. The predicted molar refractivity (Wildman–Crippen MR) is 78.6 cm³/mol. The summed E-state index contributed by atoms with van der Waals surface area (Å²) >= 11 is 0. The highest BCUT2D eigenvalue weighted by Crippen LogP contribution is 2.40. The molecule has 18 heavy (non-hydrogen) atoms. The minimum absolute atomic E-state index is 0.148. The summed E-state index contributed by atoms with van der Waals surface area (Å²) < 4.78 is 0. The van der Waals surface area contributed by atoms with Crippen LogP contribution >= 0.6 is 0 Å². The second kappa shape index (κ2) is 6.91. The van der Waals surface area contributed by atoms with Gasteiger partial charge in [-0.1, -0.05) is 34.6 Å². The molecule has 1 aliphatic carbocycles. The largest absolute Gasteiger partial charge is 0.392 e. The molecule has 1 fully saturated rings. The molecule has 0 aromatic carbocycles. The van der Waals surface area contributed by atoms with Crippen molar-refractivity contribution in [3.05, 3.63) is 0 Å². The first-order chi connectivity index (χ1) is 8.30. The van der Waals surface area contributed by atoms with E-state index < -0.39 is 0 Å². The Hall–Kier alpha value is -0.0800. The molecule has 108 valence electrons. The van der Waals surface area contributed by atoms with Crippen LogP contribution in [0.4, 0.5) is 0 Å². The summed E-state index contributed by atoms with van der Waals surface area (Å²) in [5.41, 5.74) is 0.436. The van der Waals surface area contributed by atoms with Gasteiger partial charge in [-0.25, -0.2) is 0 Å². The SMILES string of the molecule is CC(C)CNCC(O)C1CCC(C(C)(C)C)CC1. The van der Waals surface area contributed by atoms with Gasteiger partial charge in [-0.05, 0) is 55.4 Å². The molecule has 0 aliphatic heterocycles. The van der Waals surface area contributed by atoms with Gasteiger partial charge < -0.3 is 10.4 Å². The Kier molecular flexibility index (Phi) is 6.13. The lowest BCUT2D eigenvalue weighted by Crippen LogP contribution is -2.37. The topological polar surface area (TPSA) is 32.3 Å². The fraction of sp³-hybridized carbons (Fsp3) is 1.00. The van der Waals surface area contributed by atoms with Crippen molar-refractivity contribution in [1.29, 1.82) is 0 Å². The van der Waals surface area contributed by atoms with Crippen LogP contribution in [0.25, 0.3) is 0 Å². The molecule has 0 saturated heterocycles.